The normalized spacial score (nSPS) is 11.2. The van der Waals surface area contributed by atoms with Crippen molar-refractivity contribution in [3.8, 4) is 5.69 Å². The van der Waals surface area contributed by atoms with Crippen molar-refractivity contribution in [3.63, 3.8) is 0 Å². The zero-order valence-corrected chi connectivity index (χ0v) is 12.7. The van der Waals surface area contributed by atoms with Gasteiger partial charge in [0, 0.05) is 17.5 Å². The van der Waals surface area contributed by atoms with Gasteiger partial charge < -0.3 is 10.3 Å². The van der Waals surface area contributed by atoms with Crippen molar-refractivity contribution in [2.75, 3.05) is 0 Å². The first kappa shape index (κ1) is 14.7. The predicted molar refractivity (Wildman–Crippen MR) is 83.5 cm³/mol. The third-order valence-corrected chi connectivity index (χ3v) is 3.88. The van der Waals surface area contributed by atoms with E-state index >= 15 is 0 Å². The van der Waals surface area contributed by atoms with E-state index in [1.807, 2.05) is 36.6 Å². The molecule has 0 atom stereocenters. The molecule has 20 heavy (non-hydrogen) atoms. The monoisotopic (exact) mass is 308 g/mol. The summed E-state index contributed by atoms with van der Waals surface area (Å²) in [6.07, 6.45) is 3.03. The van der Waals surface area contributed by atoms with Crippen molar-refractivity contribution in [2.45, 2.75) is 13.8 Å². The third kappa shape index (κ3) is 2.74. The molecule has 104 valence electrons. The molecule has 0 saturated heterocycles. The second-order valence-corrected chi connectivity index (χ2v) is 5.26. The van der Waals surface area contributed by atoms with Crippen LogP contribution in [0, 0.1) is 13.8 Å². The summed E-state index contributed by atoms with van der Waals surface area (Å²) >= 11 is 12.3. The Hall–Kier alpha value is -1.71. The minimum Gasteiger partial charge on any atom is -0.366 e. The van der Waals surface area contributed by atoms with Gasteiger partial charge in [-0.05, 0) is 43.7 Å². The van der Waals surface area contributed by atoms with Gasteiger partial charge in [0.2, 0.25) is 5.91 Å². The van der Waals surface area contributed by atoms with Crippen LogP contribution in [0.15, 0.2) is 30.3 Å². The number of primary amides is 1. The van der Waals surface area contributed by atoms with Crippen LogP contribution in [0.2, 0.25) is 10.0 Å². The van der Waals surface area contributed by atoms with E-state index in [9.17, 15) is 4.79 Å². The van der Waals surface area contributed by atoms with Crippen LogP contribution in [0.5, 0.6) is 0 Å². The second-order valence-electron chi connectivity index (χ2n) is 4.47. The number of aromatic nitrogens is 1. The van der Waals surface area contributed by atoms with Crippen molar-refractivity contribution in [3.05, 3.63) is 57.3 Å². The summed E-state index contributed by atoms with van der Waals surface area (Å²) < 4.78 is 1.99. The molecule has 0 bridgehead atoms. The molecule has 0 spiro atoms. The molecule has 1 aromatic heterocycles. The Morgan fingerprint density at radius 2 is 2.00 bits per heavy atom. The average molecular weight is 309 g/mol. The summed E-state index contributed by atoms with van der Waals surface area (Å²) in [6, 6.07) is 7.46. The molecule has 0 unspecified atom stereocenters. The number of hydrogen-bond donors (Lipinski definition) is 1. The maximum Gasteiger partial charge on any atom is 0.241 e. The maximum atomic E-state index is 10.8. The smallest absolute Gasteiger partial charge is 0.241 e. The standard InChI is InChI=1S/C15H14Cl2N2O/c1-9-8-11(6-7-14(18)20)10(2)19(9)13-5-3-4-12(16)15(13)17/h3-8H,1-2H3,(H2,18,20). The first-order valence-corrected chi connectivity index (χ1v) is 6.78. The van der Waals surface area contributed by atoms with Crippen LogP contribution in [0.3, 0.4) is 0 Å². The van der Waals surface area contributed by atoms with Crippen molar-refractivity contribution in [1.29, 1.82) is 0 Å². The van der Waals surface area contributed by atoms with E-state index in [4.69, 9.17) is 28.9 Å². The highest BCUT2D eigenvalue weighted by molar-refractivity contribution is 6.43. The van der Waals surface area contributed by atoms with Gasteiger partial charge in [0.25, 0.3) is 0 Å². The molecule has 0 fully saturated rings. The molecule has 0 aliphatic heterocycles. The van der Waals surface area contributed by atoms with E-state index in [1.54, 1.807) is 12.1 Å². The molecule has 1 aromatic carbocycles. The summed E-state index contributed by atoms with van der Waals surface area (Å²) in [5, 5.41) is 1.01. The first-order valence-electron chi connectivity index (χ1n) is 6.02. The van der Waals surface area contributed by atoms with Gasteiger partial charge in [-0.3, -0.25) is 4.79 Å². The van der Waals surface area contributed by atoms with Crippen LogP contribution in [-0.2, 0) is 4.79 Å². The number of rotatable bonds is 3. The fourth-order valence-electron chi connectivity index (χ4n) is 2.16. The number of amides is 1. The number of carbonyl (C=O) groups is 1. The molecule has 2 rings (SSSR count). The number of nitrogens with two attached hydrogens (primary N) is 1. The minimum atomic E-state index is -0.476. The number of benzene rings is 1. The molecular formula is C15H14Cl2N2O. The molecule has 0 aliphatic rings. The van der Waals surface area contributed by atoms with Crippen LogP contribution in [0.25, 0.3) is 11.8 Å². The van der Waals surface area contributed by atoms with Gasteiger partial charge in [0.1, 0.15) is 0 Å². The fraction of sp³-hybridized carbons (Fsp3) is 0.133. The number of carbonyl (C=O) groups excluding carboxylic acids is 1. The molecule has 1 amide bonds. The highest BCUT2D eigenvalue weighted by Crippen LogP contribution is 2.31. The Labute approximate surface area is 127 Å². The lowest BCUT2D eigenvalue weighted by atomic mass is 10.2. The molecule has 3 nitrogen and oxygen atoms in total. The molecular weight excluding hydrogens is 295 g/mol. The zero-order chi connectivity index (χ0) is 14.9. The van der Waals surface area contributed by atoms with Crippen LogP contribution in [0.4, 0.5) is 0 Å². The lowest BCUT2D eigenvalue weighted by molar-refractivity contribution is -0.113. The lowest BCUT2D eigenvalue weighted by Crippen LogP contribution is -2.05. The molecule has 0 radical (unpaired) electrons. The number of halogens is 2. The fourth-order valence-corrected chi connectivity index (χ4v) is 2.54. The second kappa shape index (κ2) is 5.73. The third-order valence-electron chi connectivity index (χ3n) is 3.07. The van der Waals surface area contributed by atoms with Crippen LogP contribution in [-0.4, -0.2) is 10.5 Å². The van der Waals surface area contributed by atoms with Crippen LogP contribution >= 0.6 is 23.2 Å². The zero-order valence-electron chi connectivity index (χ0n) is 11.2. The quantitative estimate of drug-likeness (QED) is 0.859. The van der Waals surface area contributed by atoms with Gasteiger partial charge in [0.05, 0.1) is 15.7 Å². The van der Waals surface area contributed by atoms with Gasteiger partial charge in [-0.1, -0.05) is 29.3 Å². The van der Waals surface area contributed by atoms with E-state index in [0.717, 1.165) is 22.6 Å². The van der Waals surface area contributed by atoms with Crippen LogP contribution < -0.4 is 5.73 Å². The van der Waals surface area contributed by atoms with Gasteiger partial charge in [0.15, 0.2) is 0 Å². The topological polar surface area (TPSA) is 48.0 Å². The maximum absolute atomic E-state index is 10.8. The van der Waals surface area contributed by atoms with Crippen molar-refractivity contribution >= 4 is 35.2 Å². The Bertz CT molecular complexity index is 702. The first-order chi connectivity index (χ1) is 9.41. The Balaban J connectivity index is 2.58. The number of hydrogen-bond acceptors (Lipinski definition) is 1. The van der Waals surface area contributed by atoms with Crippen LogP contribution in [0.1, 0.15) is 17.0 Å². The number of aryl methyl sites for hydroxylation is 1. The summed E-state index contributed by atoms with van der Waals surface area (Å²) in [4.78, 5) is 10.8. The Kier molecular flexibility index (Phi) is 4.21. The van der Waals surface area contributed by atoms with Crippen molar-refractivity contribution in [1.82, 2.24) is 4.57 Å². The summed E-state index contributed by atoms with van der Waals surface area (Å²) in [7, 11) is 0. The van der Waals surface area contributed by atoms with Gasteiger partial charge >= 0.3 is 0 Å². The van der Waals surface area contributed by atoms with Crippen molar-refractivity contribution in [2.24, 2.45) is 5.73 Å². The van der Waals surface area contributed by atoms with E-state index in [0.29, 0.717) is 10.0 Å². The molecule has 2 aromatic rings. The molecule has 2 N–H and O–H groups in total. The van der Waals surface area contributed by atoms with E-state index in [2.05, 4.69) is 0 Å². The largest absolute Gasteiger partial charge is 0.366 e. The lowest BCUT2D eigenvalue weighted by Gasteiger charge is -2.12. The minimum absolute atomic E-state index is 0.476. The highest BCUT2D eigenvalue weighted by atomic mass is 35.5. The molecule has 1 heterocycles. The summed E-state index contributed by atoms with van der Waals surface area (Å²) in [5.74, 6) is -0.476. The number of nitrogens with zero attached hydrogens (tertiary/aromatic N) is 1. The molecule has 0 aliphatic carbocycles. The summed E-state index contributed by atoms with van der Waals surface area (Å²) in [5.41, 5.74) is 8.80. The Morgan fingerprint density at radius 1 is 1.30 bits per heavy atom. The van der Waals surface area contributed by atoms with E-state index in [-0.39, 0.29) is 0 Å². The van der Waals surface area contributed by atoms with E-state index < -0.39 is 5.91 Å². The SMILES string of the molecule is Cc1cc(C=CC(N)=O)c(C)n1-c1cccc(Cl)c1Cl. The van der Waals surface area contributed by atoms with Gasteiger partial charge in [-0.15, -0.1) is 0 Å². The summed E-state index contributed by atoms with van der Waals surface area (Å²) in [6.45, 7) is 3.91. The molecule has 5 heteroatoms. The van der Waals surface area contributed by atoms with Crippen molar-refractivity contribution < 1.29 is 4.79 Å². The predicted octanol–water partition coefficient (Wildman–Crippen LogP) is 3.90. The van der Waals surface area contributed by atoms with Gasteiger partial charge in [-0.2, -0.15) is 0 Å². The average Bonchev–Trinajstić information content (AvgIpc) is 2.66. The Morgan fingerprint density at radius 3 is 2.65 bits per heavy atom. The van der Waals surface area contributed by atoms with Gasteiger partial charge in [-0.25, -0.2) is 0 Å². The van der Waals surface area contributed by atoms with E-state index in [1.165, 1.54) is 6.08 Å². The highest BCUT2D eigenvalue weighted by Gasteiger charge is 2.13. The molecule has 0 saturated carbocycles.